The monoisotopic (exact) mass is 374 g/mol. The van der Waals surface area contributed by atoms with Crippen molar-refractivity contribution in [1.29, 1.82) is 0 Å². The molecule has 0 aromatic carbocycles. The zero-order valence-corrected chi connectivity index (χ0v) is 15.1. The van der Waals surface area contributed by atoms with Gasteiger partial charge >= 0.3 is 0 Å². The minimum Gasteiger partial charge on any atom is -0.300 e. The first-order valence-corrected chi connectivity index (χ1v) is 10.2. The van der Waals surface area contributed by atoms with Crippen molar-refractivity contribution < 1.29 is 12.8 Å². The van der Waals surface area contributed by atoms with E-state index < -0.39 is 10.0 Å². The average Bonchev–Trinajstić information content (AvgIpc) is 3.40. The summed E-state index contributed by atoms with van der Waals surface area (Å²) in [6.07, 6.45) is 6.92. The van der Waals surface area contributed by atoms with E-state index in [1.54, 1.807) is 25.4 Å². The molecule has 26 heavy (non-hydrogen) atoms. The fourth-order valence-electron chi connectivity index (χ4n) is 3.01. The van der Waals surface area contributed by atoms with Gasteiger partial charge in [-0.1, -0.05) is 0 Å². The van der Waals surface area contributed by atoms with Crippen LogP contribution in [-0.4, -0.2) is 28.5 Å². The Morgan fingerprint density at radius 2 is 2.12 bits per heavy atom. The third-order valence-corrected chi connectivity index (χ3v) is 5.87. The van der Waals surface area contributed by atoms with Gasteiger partial charge in [0, 0.05) is 36.6 Å². The SMILES string of the molecule is CCS(=O)(=O)NCc1cncc(-c2nc3ccc(F)cn3c2C2CC2)c1. The number of halogens is 1. The topological polar surface area (TPSA) is 76.4 Å². The van der Waals surface area contributed by atoms with Crippen LogP contribution in [0.5, 0.6) is 0 Å². The molecule has 4 rings (SSSR count). The Bertz CT molecular complexity index is 1070. The van der Waals surface area contributed by atoms with E-state index in [1.165, 1.54) is 12.3 Å². The van der Waals surface area contributed by atoms with E-state index in [1.807, 2.05) is 10.5 Å². The van der Waals surface area contributed by atoms with E-state index >= 15 is 0 Å². The quantitative estimate of drug-likeness (QED) is 0.720. The van der Waals surface area contributed by atoms with Crippen molar-refractivity contribution >= 4 is 15.7 Å². The minimum atomic E-state index is -3.27. The lowest BCUT2D eigenvalue weighted by molar-refractivity contribution is 0.582. The van der Waals surface area contributed by atoms with Gasteiger partial charge in [-0.3, -0.25) is 4.98 Å². The summed E-state index contributed by atoms with van der Waals surface area (Å²) in [6.45, 7) is 1.77. The first kappa shape index (κ1) is 17.1. The van der Waals surface area contributed by atoms with Gasteiger partial charge in [-0.25, -0.2) is 22.5 Å². The highest BCUT2D eigenvalue weighted by atomic mass is 32.2. The maximum absolute atomic E-state index is 13.7. The van der Waals surface area contributed by atoms with Crippen molar-refractivity contribution in [2.45, 2.75) is 32.2 Å². The molecular weight excluding hydrogens is 355 g/mol. The number of aromatic nitrogens is 3. The first-order valence-electron chi connectivity index (χ1n) is 8.56. The van der Waals surface area contributed by atoms with Gasteiger partial charge in [0.2, 0.25) is 10.0 Å². The molecule has 3 aromatic rings. The maximum Gasteiger partial charge on any atom is 0.211 e. The summed E-state index contributed by atoms with van der Waals surface area (Å²) in [5, 5.41) is 0. The van der Waals surface area contributed by atoms with Crippen LogP contribution in [0.25, 0.3) is 16.9 Å². The van der Waals surface area contributed by atoms with E-state index in [4.69, 9.17) is 0 Å². The molecule has 3 aromatic heterocycles. The normalized spacial score (nSPS) is 14.8. The molecule has 1 fully saturated rings. The molecule has 0 amide bonds. The zero-order valence-electron chi connectivity index (χ0n) is 14.3. The number of hydrogen-bond acceptors (Lipinski definition) is 4. The van der Waals surface area contributed by atoms with E-state index in [9.17, 15) is 12.8 Å². The van der Waals surface area contributed by atoms with Crippen molar-refractivity contribution in [1.82, 2.24) is 19.1 Å². The van der Waals surface area contributed by atoms with Crippen LogP contribution in [0, 0.1) is 5.82 Å². The minimum absolute atomic E-state index is 0.0317. The van der Waals surface area contributed by atoms with Crippen LogP contribution in [-0.2, 0) is 16.6 Å². The van der Waals surface area contributed by atoms with Gasteiger partial charge in [0.15, 0.2) is 0 Å². The molecule has 6 nitrogen and oxygen atoms in total. The second-order valence-corrected chi connectivity index (χ2v) is 8.60. The molecule has 0 atom stereocenters. The Labute approximate surface area is 151 Å². The van der Waals surface area contributed by atoms with Crippen LogP contribution >= 0.6 is 0 Å². The number of nitrogens with one attached hydrogen (secondary N) is 1. The van der Waals surface area contributed by atoms with Crippen molar-refractivity contribution in [2.24, 2.45) is 0 Å². The van der Waals surface area contributed by atoms with Crippen molar-refractivity contribution in [3.63, 3.8) is 0 Å². The largest absolute Gasteiger partial charge is 0.300 e. The van der Waals surface area contributed by atoms with Gasteiger partial charge in [0.25, 0.3) is 0 Å². The van der Waals surface area contributed by atoms with Gasteiger partial charge in [0.05, 0.1) is 17.1 Å². The van der Waals surface area contributed by atoms with Crippen LogP contribution in [0.15, 0.2) is 36.8 Å². The average molecular weight is 374 g/mol. The van der Waals surface area contributed by atoms with Crippen LogP contribution < -0.4 is 4.72 Å². The first-order chi connectivity index (χ1) is 12.5. The second-order valence-electron chi connectivity index (χ2n) is 6.50. The summed E-state index contributed by atoms with van der Waals surface area (Å²) in [5.41, 5.74) is 4.03. The molecule has 3 heterocycles. The summed E-state index contributed by atoms with van der Waals surface area (Å²) in [4.78, 5) is 8.91. The molecular formula is C18H19FN4O2S. The molecule has 136 valence electrons. The number of imidazole rings is 1. The fraction of sp³-hybridized carbons (Fsp3) is 0.333. The van der Waals surface area contributed by atoms with Crippen molar-refractivity contribution in [3.05, 3.63) is 53.9 Å². The Kier molecular flexibility index (Phi) is 4.24. The molecule has 0 unspecified atom stereocenters. The zero-order chi connectivity index (χ0) is 18.3. The summed E-state index contributed by atoms with van der Waals surface area (Å²) in [5.74, 6) is 0.0949. The molecule has 1 N–H and O–H groups in total. The fourth-order valence-corrected chi connectivity index (χ4v) is 3.60. The van der Waals surface area contributed by atoms with Crippen LogP contribution in [0.3, 0.4) is 0 Å². The standard InChI is InChI=1S/C18H19FN4O2S/c1-2-26(24,25)21-9-12-7-14(10-20-8-12)17-18(13-3-4-13)23-11-15(19)5-6-16(23)22-17/h5-8,10-11,13,21H,2-4,9H2,1H3. The third kappa shape index (κ3) is 3.34. The van der Waals surface area contributed by atoms with Gasteiger partial charge in [0.1, 0.15) is 11.5 Å². The lowest BCUT2D eigenvalue weighted by atomic mass is 10.1. The number of fused-ring (bicyclic) bond motifs is 1. The highest BCUT2D eigenvalue weighted by Gasteiger charge is 2.31. The Morgan fingerprint density at radius 3 is 2.85 bits per heavy atom. The summed E-state index contributed by atoms with van der Waals surface area (Å²) < 4.78 is 41.3. The van der Waals surface area contributed by atoms with E-state index in [0.717, 1.165) is 35.4 Å². The second kappa shape index (κ2) is 6.44. The summed E-state index contributed by atoms with van der Waals surface area (Å²) in [6, 6.07) is 4.95. The molecule has 0 radical (unpaired) electrons. The predicted molar refractivity (Wildman–Crippen MR) is 96.7 cm³/mol. The number of hydrogen-bond donors (Lipinski definition) is 1. The molecule has 0 aliphatic heterocycles. The van der Waals surface area contributed by atoms with Gasteiger partial charge in [-0.15, -0.1) is 0 Å². The number of nitrogens with zero attached hydrogens (tertiary/aromatic N) is 3. The van der Waals surface area contributed by atoms with E-state index in [2.05, 4.69) is 14.7 Å². The number of pyridine rings is 2. The van der Waals surface area contributed by atoms with Crippen molar-refractivity contribution in [2.75, 3.05) is 5.75 Å². The van der Waals surface area contributed by atoms with Gasteiger partial charge in [-0.2, -0.15) is 0 Å². The summed E-state index contributed by atoms with van der Waals surface area (Å²) in [7, 11) is -3.27. The molecule has 0 spiro atoms. The molecule has 0 bridgehead atoms. The van der Waals surface area contributed by atoms with E-state index in [-0.39, 0.29) is 18.1 Å². The molecule has 1 aliphatic carbocycles. The highest BCUT2D eigenvalue weighted by Crippen LogP contribution is 2.44. The number of sulfonamides is 1. The van der Waals surface area contributed by atoms with Crippen LogP contribution in [0.1, 0.15) is 36.9 Å². The van der Waals surface area contributed by atoms with Crippen molar-refractivity contribution in [3.8, 4) is 11.3 Å². The van der Waals surface area contributed by atoms with Gasteiger partial charge < -0.3 is 4.40 Å². The lowest BCUT2D eigenvalue weighted by Crippen LogP contribution is -2.24. The molecule has 8 heteroatoms. The Hall–Kier alpha value is -2.32. The highest BCUT2D eigenvalue weighted by molar-refractivity contribution is 7.89. The summed E-state index contributed by atoms with van der Waals surface area (Å²) >= 11 is 0. The number of rotatable bonds is 6. The molecule has 1 aliphatic rings. The molecule has 1 saturated carbocycles. The smallest absolute Gasteiger partial charge is 0.211 e. The third-order valence-electron chi connectivity index (χ3n) is 4.53. The van der Waals surface area contributed by atoms with Crippen LogP contribution in [0.2, 0.25) is 0 Å². The Morgan fingerprint density at radius 1 is 1.31 bits per heavy atom. The van der Waals surface area contributed by atoms with Gasteiger partial charge in [-0.05, 0) is 43.5 Å². The molecule has 0 saturated heterocycles. The maximum atomic E-state index is 13.7. The van der Waals surface area contributed by atoms with Crippen LogP contribution in [0.4, 0.5) is 4.39 Å². The predicted octanol–water partition coefficient (Wildman–Crippen LogP) is 2.85. The Balaban J connectivity index is 1.74. The lowest BCUT2D eigenvalue weighted by Gasteiger charge is -2.07. The van der Waals surface area contributed by atoms with E-state index in [0.29, 0.717) is 11.6 Å².